The molecule has 0 bridgehead atoms. The molecule has 2 atom stereocenters. The molecule has 0 aliphatic rings. The average Bonchev–Trinajstić information content (AvgIpc) is 2.66. The molecule has 1 N–H and O–H groups in total. The standard InChI is InChI=1S/C19H21NO4S/c1-3-25(23)17-12-8-7-11-16(17)19(22)24-14(2)18(21)20-13-15-9-5-4-6-10-15/h4-12,14H,3,13H2,1-2H3,(H,20,21). The van der Waals surface area contributed by atoms with Gasteiger partial charge in [0.1, 0.15) is 0 Å². The Bertz CT molecular complexity index is 761. The summed E-state index contributed by atoms with van der Waals surface area (Å²) in [6.07, 6.45) is -0.945. The number of ether oxygens (including phenoxy) is 1. The zero-order valence-electron chi connectivity index (χ0n) is 14.2. The van der Waals surface area contributed by atoms with Crippen molar-refractivity contribution in [3.8, 4) is 0 Å². The van der Waals surface area contributed by atoms with Crippen molar-refractivity contribution < 1.29 is 18.5 Å². The maximum absolute atomic E-state index is 12.3. The summed E-state index contributed by atoms with van der Waals surface area (Å²) in [5, 5.41) is 2.73. The number of esters is 1. The highest BCUT2D eigenvalue weighted by Crippen LogP contribution is 2.16. The van der Waals surface area contributed by atoms with Crippen molar-refractivity contribution in [2.45, 2.75) is 31.4 Å². The predicted molar refractivity (Wildman–Crippen MR) is 96.6 cm³/mol. The second-order valence-electron chi connectivity index (χ2n) is 5.38. The lowest BCUT2D eigenvalue weighted by Crippen LogP contribution is -2.35. The number of hydrogen-bond donors (Lipinski definition) is 1. The summed E-state index contributed by atoms with van der Waals surface area (Å²) in [6.45, 7) is 3.65. The number of carbonyl (C=O) groups is 2. The third-order valence-corrected chi connectivity index (χ3v) is 4.95. The smallest absolute Gasteiger partial charge is 0.340 e. The first-order valence-electron chi connectivity index (χ1n) is 8.03. The summed E-state index contributed by atoms with van der Waals surface area (Å²) in [5.74, 6) is -0.636. The first-order valence-corrected chi connectivity index (χ1v) is 9.34. The van der Waals surface area contributed by atoms with Gasteiger partial charge in [0.05, 0.1) is 21.3 Å². The Balaban J connectivity index is 1.98. The molecule has 0 aromatic heterocycles. The maximum atomic E-state index is 12.3. The van der Waals surface area contributed by atoms with Crippen molar-refractivity contribution in [1.82, 2.24) is 5.32 Å². The SMILES string of the molecule is CCS(=O)c1ccccc1C(=O)OC(C)C(=O)NCc1ccccc1. The van der Waals surface area contributed by atoms with Gasteiger partial charge in [-0.3, -0.25) is 9.00 Å². The Kier molecular flexibility index (Phi) is 6.89. The van der Waals surface area contributed by atoms with Crippen molar-refractivity contribution in [3.63, 3.8) is 0 Å². The van der Waals surface area contributed by atoms with Gasteiger partial charge in [-0.05, 0) is 24.6 Å². The lowest BCUT2D eigenvalue weighted by molar-refractivity contribution is -0.129. The van der Waals surface area contributed by atoms with Crippen LogP contribution < -0.4 is 5.32 Å². The van der Waals surface area contributed by atoms with E-state index in [1.165, 1.54) is 6.92 Å². The summed E-state index contributed by atoms with van der Waals surface area (Å²) in [5.41, 5.74) is 1.18. The molecule has 0 heterocycles. The molecule has 2 unspecified atom stereocenters. The highest BCUT2D eigenvalue weighted by molar-refractivity contribution is 7.85. The van der Waals surface area contributed by atoms with Gasteiger partial charge in [0.25, 0.3) is 5.91 Å². The van der Waals surface area contributed by atoms with Gasteiger partial charge in [-0.25, -0.2) is 4.79 Å². The van der Waals surface area contributed by atoms with E-state index in [1.54, 1.807) is 31.2 Å². The summed E-state index contributed by atoms with van der Waals surface area (Å²) in [6, 6.07) is 16.0. The Morgan fingerprint density at radius 1 is 1.08 bits per heavy atom. The molecule has 6 heteroatoms. The first kappa shape index (κ1) is 18.9. The first-order chi connectivity index (χ1) is 12.0. The number of rotatable bonds is 7. The maximum Gasteiger partial charge on any atom is 0.340 e. The molecular weight excluding hydrogens is 338 g/mol. The van der Waals surface area contributed by atoms with Crippen molar-refractivity contribution in [3.05, 3.63) is 65.7 Å². The molecule has 0 radical (unpaired) electrons. The van der Waals surface area contributed by atoms with Gasteiger partial charge in [0, 0.05) is 12.3 Å². The van der Waals surface area contributed by atoms with Crippen LogP contribution in [0.4, 0.5) is 0 Å². The molecule has 0 aliphatic heterocycles. The van der Waals surface area contributed by atoms with E-state index in [-0.39, 0.29) is 11.5 Å². The van der Waals surface area contributed by atoms with Crippen LogP contribution in [0.15, 0.2) is 59.5 Å². The predicted octanol–water partition coefficient (Wildman–Crippen LogP) is 2.68. The fraction of sp³-hybridized carbons (Fsp3) is 0.263. The van der Waals surface area contributed by atoms with Crippen molar-refractivity contribution >= 4 is 22.7 Å². The van der Waals surface area contributed by atoms with Crippen LogP contribution in [0.2, 0.25) is 0 Å². The van der Waals surface area contributed by atoms with E-state index in [0.717, 1.165) is 5.56 Å². The van der Waals surface area contributed by atoms with E-state index in [0.29, 0.717) is 17.2 Å². The van der Waals surface area contributed by atoms with Gasteiger partial charge in [-0.1, -0.05) is 49.4 Å². The number of benzene rings is 2. The quantitative estimate of drug-likeness (QED) is 0.772. The Morgan fingerprint density at radius 2 is 1.72 bits per heavy atom. The monoisotopic (exact) mass is 359 g/mol. The molecule has 1 amide bonds. The van der Waals surface area contributed by atoms with E-state index >= 15 is 0 Å². The third-order valence-electron chi connectivity index (χ3n) is 3.58. The molecule has 2 aromatic rings. The molecule has 5 nitrogen and oxygen atoms in total. The van der Waals surface area contributed by atoms with Crippen molar-refractivity contribution in [2.24, 2.45) is 0 Å². The fourth-order valence-corrected chi connectivity index (χ4v) is 3.13. The van der Waals surface area contributed by atoms with Crippen molar-refractivity contribution in [2.75, 3.05) is 5.75 Å². The molecule has 132 valence electrons. The van der Waals surface area contributed by atoms with Crippen LogP contribution >= 0.6 is 0 Å². The van der Waals surface area contributed by atoms with Crippen LogP contribution in [0.25, 0.3) is 0 Å². The lowest BCUT2D eigenvalue weighted by atomic mass is 10.2. The zero-order chi connectivity index (χ0) is 18.2. The Morgan fingerprint density at radius 3 is 2.40 bits per heavy atom. The molecule has 0 aliphatic carbocycles. The minimum atomic E-state index is -1.28. The number of nitrogens with one attached hydrogen (secondary N) is 1. The summed E-state index contributed by atoms with van der Waals surface area (Å²) in [4.78, 5) is 24.9. The number of amides is 1. The number of carbonyl (C=O) groups excluding carboxylic acids is 2. The second-order valence-corrected chi connectivity index (χ2v) is 7.09. The summed E-state index contributed by atoms with van der Waals surface area (Å²) < 4.78 is 17.3. The van der Waals surface area contributed by atoms with Crippen LogP contribution in [-0.2, 0) is 26.9 Å². The van der Waals surface area contributed by atoms with Gasteiger partial charge in [0.15, 0.2) is 6.10 Å². The minimum absolute atomic E-state index is 0.227. The molecule has 0 fully saturated rings. The highest BCUT2D eigenvalue weighted by atomic mass is 32.2. The van der Waals surface area contributed by atoms with Gasteiger partial charge >= 0.3 is 5.97 Å². The average molecular weight is 359 g/mol. The molecule has 2 aromatic carbocycles. The lowest BCUT2D eigenvalue weighted by Gasteiger charge is -2.15. The molecule has 25 heavy (non-hydrogen) atoms. The van der Waals surface area contributed by atoms with Crippen LogP contribution in [0.1, 0.15) is 29.8 Å². The van der Waals surface area contributed by atoms with Gasteiger partial charge < -0.3 is 10.1 Å². The van der Waals surface area contributed by atoms with Gasteiger partial charge in [-0.2, -0.15) is 0 Å². The van der Waals surface area contributed by atoms with E-state index in [4.69, 9.17) is 4.74 Å². The van der Waals surface area contributed by atoms with Crippen LogP contribution in [-0.4, -0.2) is 27.9 Å². The fourth-order valence-electron chi connectivity index (χ4n) is 2.20. The van der Waals surface area contributed by atoms with E-state index in [2.05, 4.69) is 5.32 Å². The molecule has 2 rings (SSSR count). The van der Waals surface area contributed by atoms with Gasteiger partial charge in [0.2, 0.25) is 0 Å². The second kappa shape index (κ2) is 9.13. The largest absolute Gasteiger partial charge is 0.449 e. The molecule has 0 saturated carbocycles. The third kappa shape index (κ3) is 5.26. The van der Waals surface area contributed by atoms with E-state index in [9.17, 15) is 13.8 Å². The molecule has 0 saturated heterocycles. The highest BCUT2D eigenvalue weighted by Gasteiger charge is 2.21. The molecular formula is C19H21NO4S. The zero-order valence-corrected chi connectivity index (χ0v) is 15.0. The Hall–Kier alpha value is -2.47. The van der Waals surface area contributed by atoms with Gasteiger partial charge in [-0.15, -0.1) is 0 Å². The van der Waals surface area contributed by atoms with Crippen LogP contribution in [0.3, 0.4) is 0 Å². The molecule has 0 spiro atoms. The van der Waals surface area contributed by atoms with Crippen LogP contribution in [0.5, 0.6) is 0 Å². The van der Waals surface area contributed by atoms with Crippen molar-refractivity contribution in [1.29, 1.82) is 0 Å². The number of hydrogen-bond acceptors (Lipinski definition) is 4. The normalized spacial score (nSPS) is 12.9. The minimum Gasteiger partial charge on any atom is -0.449 e. The Labute approximate surface area is 149 Å². The topological polar surface area (TPSA) is 72.5 Å². The summed E-state index contributed by atoms with van der Waals surface area (Å²) in [7, 11) is -1.28. The van der Waals surface area contributed by atoms with E-state index in [1.807, 2.05) is 30.3 Å². The summed E-state index contributed by atoms with van der Waals surface area (Å²) >= 11 is 0. The van der Waals surface area contributed by atoms with E-state index < -0.39 is 22.9 Å². The van der Waals surface area contributed by atoms with Crippen LogP contribution in [0, 0.1) is 0 Å².